The fourth-order valence-electron chi connectivity index (χ4n) is 4.17. The Morgan fingerprint density at radius 2 is 1.78 bits per heavy atom. The van der Waals surface area contributed by atoms with Crippen molar-refractivity contribution >= 4 is 29.9 Å². The van der Waals surface area contributed by atoms with Gasteiger partial charge in [0, 0.05) is 52.4 Å². The summed E-state index contributed by atoms with van der Waals surface area (Å²) in [6.45, 7) is 17.5. The van der Waals surface area contributed by atoms with E-state index < -0.39 is 0 Å². The molecule has 1 aromatic rings. The molecule has 3 rings (SSSR count). The van der Waals surface area contributed by atoms with Crippen molar-refractivity contribution < 1.29 is 9.47 Å². The highest BCUT2D eigenvalue weighted by atomic mass is 127. The lowest BCUT2D eigenvalue weighted by molar-refractivity contribution is -0.0284. The minimum atomic E-state index is 0. The maximum atomic E-state index is 5.98. The number of nitrogens with zero attached hydrogens (tertiary/aromatic N) is 3. The topological polar surface area (TPSA) is 61.4 Å². The number of hydrogen-bond donors (Lipinski definition) is 2. The Bertz CT molecular complexity index is 682. The van der Waals surface area contributed by atoms with Crippen molar-refractivity contribution in [1.82, 2.24) is 20.4 Å². The molecule has 2 aliphatic heterocycles. The molecule has 2 fully saturated rings. The smallest absolute Gasteiger partial charge is 0.191 e. The second kappa shape index (κ2) is 15.1. The van der Waals surface area contributed by atoms with Gasteiger partial charge in [0.15, 0.2) is 5.96 Å². The van der Waals surface area contributed by atoms with Gasteiger partial charge in [0.25, 0.3) is 0 Å². The summed E-state index contributed by atoms with van der Waals surface area (Å²) in [5, 5.41) is 6.88. The summed E-state index contributed by atoms with van der Waals surface area (Å²) < 4.78 is 11.5. The maximum Gasteiger partial charge on any atom is 0.191 e. The molecule has 1 unspecified atom stereocenters. The van der Waals surface area contributed by atoms with Crippen molar-refractivity contribution in [3.63, 3.8) is 0 Å². The molecule has 0 spiro atoms. The summed E-state index contributed by atoms with van der Waals surface area (Å²) in [5.74, 6) is 1.54. The molecule has 0 amide bonds. The molecule has 0 saturated carbocycles. The Hall–Kier alpha value is -0.940. The van der Waals surface area contributed by atoms with Gasteiger partial charge < -0.3 is 20.1 Å². The highest BCUT2D eigenvalue weighted by Gasteiger charge is 2.21. The Balaban J connectivity index is 0.00000363. The van der Waals surface area contributed by atoms with E-state index in [0.717, 1.165) is 78.1 Å². The van der Waals surface area contributed by atoms with Crippen LogP contribution < -0.4 is 10.6 Å². The number of hydrogen-bond acceptors (Lipinski definition) is 5. The van der Waals surface area contributed by atoms with E-state index in [1.807, 2.05) is 0 Å². The minimum absolute atomic E-state index is 0. The van der Waals surface area contributed by atoms with E-state index in [0.29, 0.717) is 12.5 Å². The number of halogens is 1. The van der Waals surface area contributed by atoms with Crippen molar-refractivity contribution in [2.45, 2.75) is 40.0 Å². The zero-order valence-corrected chi connectivity index (χ0v) is 22.3. The van der Waals surface area contributed by atoms with Gasteiger partial charge >= 0.3 is 0 Å². The van der Waals surface area contributed by atoms with Crippen LogP contribution in [0.1, 0.15) is 31.9 Å². The number of guanidine groups is 1. The van der Waals surface area contributed by atoms with Crippen molar-refractivity contribution in [3.8, 4) is 0 Å². The zero-order chi connectivity index (χ0) is 21.9. The first-order chi connectivity index (χ1) is 15.1. The molecule has 2 saturated heterocycles. The van der Waals surface area contributed by atoms with Crippen molar-refractivity contribution in [2.24, 2.45) is 10.9 Å². The average molecular weight is 560 g/mol. The van der Waals surface area contributed by atoms with Gasteiger partial charge in [0.05, 0.1) is 32.5 Å². The molecule has 182 valence electrons. The molecule has 2 aliphatic rings. The van der Waals surface area contributed by atoms with E-state index in [1.54, 1.807) is 0 Å². The highest BCUT2D eigenvalue weighted by molar-refractivity contribution is 14.0. The fraction of sp³-hybridized carbons (Fsp3) is 0.708. The molecular formula is C24H42IN5O2. The average Bonchev–Trinajstić information content (AvgIpc) is 2.77. The van der Waals surface area contributed by atoms with Crippen molar-refractivity contribution in [3.05, 3.63) is 35.4 Å². The first-order valence-electron chi connectivity index (χ1n) is 11.9. The molecule has 0 aromatic heterocycles. The molecule has 7 nitrogen and oxygen atoms in total. The standard InChI is InChI=1S/C24H41N5O2.HI/c1-4-25-24(27-16-23-19-29(11-14-31-23)17-20(2)3)26-15-21-7-5-6-8-22(21)18-28-9-12-30-13-10-28;/h5-8,20,23H,4,9-19H2,1-3H3,(H2,25,26,27);1H. The van der Waals surface area contributed by atoms with Gasteiger partial charge in [-0.15, -0.1) is 24.0 Å². The van der Waals surface area contributed by atoms with Gasteiger partial charge in [0.1, 0.15) is 0 Å². The number of aliphatic imine (C=N–C) groups is 1. The summed E-state index contributed by atoms with van der Waals surface area (Å²) in [4.78, 5) is 9.83. The first-order valence-corrected chi connectivity index (χ1v) is 11.9. The minimum Gasteiger partial charge on any atom is -0.379 e. The van der Waals surface area contributed by atoms with Crippen LogP contribution in [0.4, 0.5) is 0 Å². The molecular weight excluding hydrogens is 517 g/mol. The number of rotatable bonds is 9. The molecule has 1 atom stereocenters. The summed E-state index contributed by atoms with van der Waals surface area (Å²) in [6, 6.07) is 8.64. The SMILES string of the molecule is CCNC(=NCc1ccccc1CN1CCOCC1)NCC1CN(CC(C)C)CCO1.I. The lowest BCUT2D eigenvalue weighted by atomic mass is 10.1. The van der Waals surface area contributed by atoms with Crippen LogP contribution in [0.5, 0.6) is 0 Å². The molecule has 0 bridgehead atoms. The van der Waals surface area contributed by atoms with E-state index in [-0.39, 0.29) is 30.1 Å². The molecule has 8 heteroatoms. The number of benzene rings is 1. The molecule has 2 heterocycles. The van der Waals surface area contributed by atoms with Crippen LogP contribution in [0.2, 0.25) is 0 Å². The van der Waals surface area contributed by atoms with Gasteiger partial charge in [0.2, 0.25) is 0 Å². The largest absolute Gasteiger partial charge is 0.379 e. The molecule has 2 N–H and O–H groups in total. The van der Waals surface area contributed by atoms with Gasteiger partial charge in [-0.25, -0.2) is 4.99 Å². The first kappa shape index (κ1) is 27.3. The third-order valence-electron chi connectivity index (χ3n) is 5.71. The van der Waals surface area contributed by atoms with Crippen LogP contribution in [0, 0.1) is 5.92 Å². The van der Waals surface area contributed by atoms with E-state index in [1.165, 1.54) is 11.1 Å². The Morgan fingerprint density at radius 3 is 2.50 bits per heavy atom. The summed E-state index contributed by atoms with van der Waals surface area (Å²) in [6.07, 6.45) is 0.199. The van der Waals surface area contributed by atoms with Crippen LogP contribution >= 0.6 is 24.0 Å². The van der Waals surface area contributed by atoms with E-state index in [9.17, 15) is 0 Å². The van der Waals surface area contributed by atoms with Gasteiger partial charge in [-0.1, -0.05) is 38.1 Å². The van der Waals surface area contributed by atoms with Crippen molar-refractivity contribution in [2.75, 3.05) is 65.6 Å². The quantitative estimate of drug-likeness (QED) is 0.276. The number of nitrogens with one attached hydrogen (secondary N) is 2. The van der Waals surface area contributed by atoms with E-state index in [2.05, 4.69) is 65.5 Å². The molecule has 0 radical (unpaired) electrons. The predicted molar refractivity (Wildman–Crippen MR) is 142 cm³/mol. The van der Waals surface area contributed by atoms with E-state index in [4.69, 9.17) is 14.5 Å². The number of ether oxygens (including phenoxy) is 2. The van der Waals surface area contributed by atoms with Crippen LogP contribution in [-0.4, -0.2) is 87.5 Å². The second-order valence-electron chi connectivity index (χ2n) is 8.88. The summed E-state index contributed by atoms with van der Waals surface area (Å²) in [5.41, 5.74) is 2.63. The second-order valence-corrected chi connectivity index (χ2v) is 8.88. The predicted octanol–water partition coefficient (Wildman–Crippen LogP) is 2.55. The lowest BCUT2D eigenvalue weighted by Gasteiger charge is -2.34. The molecule has 0 aliphatic carbocycles. The molecule has 1 aromatic carbocycles. The Morgan fingerprint density at radius 1 is 1.06 bits per heavy atom. The van der Waals surface area contributed by atoms with E-state index >= 15 is 0 Å². The van der Waals surface area contributed by atoms with Crippen LogP contribution in [0.25, 0.3) is 0 Å². The third-order valence-corrected chi connectivity index (χ3v) is 5.71. The Kier molecular flexibility index (Phi) is 12.8. The molecule has 32 heavy (non-hydrogen) atoms. The van der Waals surface area contributed by atoms with Crippen molar-refractivity contribution in [1.29, 1.82) is 0 Å². The monoisotopic (exact) mass is 559 g/mol. The van der Waals surface area contributed by atoms with Gasteiger partial charge in [-0.2, -0.15) is 0 Å². The zero-order valence-electron chi connectivity index (χ0n) is 20.0. The van der Waals surface area contributed by atoms with Gasteiger partial charge in [-0.05, 0) is 24.0 Å². The lowest BCUT2D eigenvalue weighted by Crippen LogP contribution is -2.50. The van der Waals surface area contributed by atoms with Crippen LogP contribution in [0.15, 0.2) is 29.3 Å². The third kappa shape index (κ3) is 9.51. The van der Waals surface area contributed by atoms with Crippen LogP contribution in [-0.2, 0) is 22.6 Å². The fourth-order valence-corrected chi connectivity index (χ4v) is 4.17. The highest BCUT2D eigenvalue weighted by Crippen LogP contribution is 2.14. The van der Waals surface area contributed by atoms with Gasteiger partial charge in [-0.3, -0.25) is 9.80 Å². The summed E-state index contributed by atoms with van der Waals surface area (Å²) in [7, 11) is 0. The summed E-state index contributed by atoms with van der Waals surface area (Å²) >= 11 is 0. The Labute approximate surface area is 211 Å². The van der Waals surface area contributed by atoms with Crippen LogP contribution in [0.3, 0.4) is 0 Å². The normalized spacial score (nSPS) is 20.8. The number of morpholine rings is 2. The maximum absolute atomic E-state index is 5.98.